The lowest BCUT2D eigenvalue weighted by Gasteiger charge is -2.26. The van der Waals surface area contributed by atoms with E-state index in [2.05, 4.69) is 36.6 Å². The fourth-order valence-corrected chi connectivity index (χ4v) is 6.55. The number of hydrogen-bond donors (Lipinski definition) is 2. The number of nitrogens with zero attached hydrogens (tertiary/aromatic N) is 1. The van der Waals surface area contributed by atoms with Crippen molar-refractivity contribution in [2.75, 3.05) is 27.2 Å². The maximum Gasteiger partial charge on any atom is 0.242 e. The summed E-state index contributed by atoms with van der Waals surface area (Å²) in [5.74, 6) is 0. The molecule has 1 aromatic heterocycles. The first-order chi connectivity index (χ1) is 8.53. The molecule has 1 aromatic rings. The quantitative estimate of drug-likeness (QED) is 0.715. The second-order valence-electron chi connectivity index (χ2n) is 4.75. The summed E-state index contributed by atoms with van der Waals surface area (Å²) in [5, 5.41) is 10.1. The van der Waals surface area contributed by atoms with Gasteiger partial charge in [-0.1, -0.05) is 0 Å². The monoisotopic (exact) mass is 434 g/mol. The highest BCUT2D eigenvalue weighted by Gasteiger charge is 2.26. The minimum absolute atomic E-state index is 0.0482. The van der Waals surface area contributed by atoms with Gasteiger partial charge in [0.15, 0.2) is 0 Å². The number of hydrogen-bond acceptors (Lipinski definition) is 5. The molecular formula is C10H16Br2N2O3S2. The Hall–Kier alpha value is 0.490. The number of rotatable bonds is 6. The van der Waals surface area contributed by atoms with Gasteiger partial charge in [-0.3, -0.25) is 0 Å². The molecule has 0 amide bonds. The summed E-state index contributed by atoms with van der Waals surface area (Å²) in [6, 6.07) is 1.53. The van der Waals surface area contributed by atoms with Gasteiger partial charge in [0, 0.05) is 13.1 Å². The van der Waals surface area contributed by atoms with Gasteiger partial charge in [-0.2, -0.15) is 0 Å². The van der Waals surface area contributed by atoms with Crippen LogP contribution < -0.4 is 4.72 Å². The van der Waals surface area contributed by atoms with E-state index in [0.29, 0.717) is 10.3 Å². The molecule has 1 unspecified atom stereocenters. The summed E-state index contributed by atoms with van der Waals surface area (Å²) in [6.07, 6.45) is 0. The average Bonchev–Trinajstić information content (AvgIpc) is 2.54. The molecule has 110 valence electrons. The van der Waals surface area contributed by atoms with Crippen LogP contribution in [0.25, 0.3) is 0 Å². The summed E-state index contributed by atoms with van der Waals surface area (Å²) in [5.41, 5.74) is -1.13. The summed E-state index contributed by atoms with van der Waals surface area (Å²) >= 11 is 7.73. The van der Waals surface area contributed by atoms with E-state index in [9.17, 15) is 13.5 Å². The van der Waals surface area contributed by atoms with E-state index in [1.54, 1.807) is 11.8 Å². The molecule has 1 atom stereocenters. The van der Waals surface area contributed by atoms with Crippen molar-refractivity contribution in [3.8, 4) is 0 Å². The lowest BCUT2D eigenvalue weighted by molar-refractivity contribution is 0.0386. The SMILES string of the molecule is CN(C)CC(C)(O)CNS(=O)(=O)c1cc(Br)sc1Br. The molecule has 19 heavy (non-hydrogen) atoms. The van der Waals surface area contributed by atoms with Crippen LogP contribution in [-0.4, -0.2) is 51.2 Å². The van der Waals surface area contributed by atoms with Crippen LogP contribution in [0.5, 0.6) is 0 Å². The van der Waals surface area contributed by atoms with Crippen LogP contribution in [0.2, 0.25) is 0 Å². The largest absolute Gasteiger partial charge is 0.387 e. The van der Waals surface area contributed by atoms with Crippen LogP contribution in [0.4, 0.5) is 0 Å². The van der Waals surface area contributed by atoms with Crippen molar-refractivity contribution in [2.45, 2.75) is 17.4 Å². The highest BCUT2D eigenvalue weighted by atomic mass is 79.9. The molecule has 0 radical (unpaired) electrons. The normalized spacial score (nSPS) is 15.7. The number of thiophene rings is 1. The van der Waals surface area contributed by atoms with Crippen LogP contribution in [0.15, 0.2) is 18.5 Å². The molecule has 9 heteroatoms. The smallest absolute Gasteiger partial charge is 0.242 e. The minimum atomic E-state index is -3.63. The highest BCUT2D eigenvalue weighted by molar-refractivity contribution is 9.12. The zero-order valence-electron chi connectivity index (χ0n) is 10.8. The number of aliphatic hydroxyl groups is 1. The Morgan fingerprint density at radius 1 is 1.47 bits per heavy atom. The van der Waals surface area contributed by atoms with E-state index in [4.69, 9.17) is 0 Å². The predicted octanol–water partition coefficient (Wildman–Crippen LogP) is 1.86. The molecule has 0 aliphatic carbocycles. The molecule has 0 aliphatic heterocycles. The highest BCUT2D eigenvalue weighted by Crippen LogP contribution is 2.34. The molecule has 1 rings (SSSR count). The molecule has 5 nitrogen and oxygen atoms in total. The molecule has 0 aromatic carbocycles. The van der Waals surface area contributed by atoms with Crippen molar-refractivity contribution in [1.29, 1.82) is 0 Å². The fraction of sp³-hybridized carbons (Fsp3) is 0.600. The third kappa shape index (κ3) is 5.41. The van der Waals surface area contributed by atoms with Gasteiger partial charge in [0.05, 0.1) is 13.2 Å². The van der Waals surface area contributed by atoms with Gasteiger partial charge in [-0.05, 0) is 58.9 Å². The molecule has 0 saturated heterocycles. The molecule has 1 heterocycles. The summed E-state index contributed by atoms with van der Waals surface area (Å²) in [7, 11) is -0.00403. The molecule has 0 bridgehead atoms. The first kappa shape index (κ1) is 17.5. The van der Waals surface area contributed by atoms with Crippen LogP contribution in [-0.2, 0) is 10.0 Å². The van der Waals surface area contributed by atoms with Gasteiger partial charge < -0.3 is 10.0 Å². The van der Waals surface area contributed by atoms with E-state index >= 15 is 0 Å². The molecule has 0 fully saturated rings. The number of sulfonamides is 1. The van der Waals surface area contributed by atoms with Crippen molar-refractivity contribution >= 4 is 53.2 Å². The molecule has 0 saturated carbocycles. The van der Waals surface area contributed by atoms with Crippen LogP contribution in [0.1, 0.15) is 6.92 Å². The van der Waals surface area contributed by atoms with Gasteiger partial charge in [0.2, 0.25) is 10.0 Å². The van der Waals surface area contributed by atoms with E-state index in [1.165, 1.54) is 17.4 Å². The molecule has 2 N–H and O–H groups in total. The van der Waals surface area contributed by atoms with Crippen molar-refractivity contribution in [3.05, 3.63) is 13.6 Å². The number of nitrogens with one attached hydrogen (secondary N) is 1. The Morgan fingerprint density at radius 3 is 2.47 bits per heavy atom. The third-order valence-electron chi connectivity index (χ3n) is 2.21. The van der Waals surface area contributed by atoms with Gasteiger partial charge in [-0.15, -0.1) is 11.3 Å². The Balaban J connectivity index is 2.79. The Labute approximate surface area is 134 Å². The Kier molecular flexibility index (Phi) is 6.00. The van der Waals surface area contributed by atoms with Crippen molar-refractivity contribution < 1.29 is 13.5 Å². The van der Waals surface area contributed by atoms with Crippen LogP contribution >= 0.6 is 43.2 Å². The lowest BCUT2D eigenvalue weighted by atomic mass is 10.1. The van der Waals surface area contributed by atoms with Gasteiger partial charge in [0.25, 0.3) is 0 Å². The second kappa shape index (κ2) is 6.50. The van der Waals surface area contributed by atoms with E-state index in [1.807, 2.05) is 14.1 Å². The third-order valence-corrected chi connectivity index (χ3v) is 6.37. The maximum atomic E-state index is 12.1. The summed E-state index contributed by atoms with van der Waals surface area (Å²) in [4.78, 5) is 1.97. The Morgan fingerprint density at radius 2 is 2.05 bits per heavy atom. The van der Waals surface area contributed by atoms with Crippen molar-refractivity contribution in [2.24, 2.45) is 0 Å². The number of likely N-dealkylation sites (N-methyl/N-ethyl adjacent to an activating group) is 1. The molecule has 0 aliphatic rings. The lowest BCUT2D eigenvalue weighted by Crippen LogP contribution is -2.47. The Bertz CT molecular complexity index is 541. The van der Waals surface area contributed by atoms with Gasteiger partial charge in [0.1, 0.15) is 4.90 Å². The van der Waals surface area contributed by atoms with Gasteiger partial charge in [-0.25, -0.2) is 13.1 Å². The second-order valence-corrected chi connectivity index (χ2v) is 10.2. The van der Waals surface area contributed by atoms with E-state index in [-0.39, 0.29) is 11.4 Å². The number of halogens is 2. The van der Waals surface area contributed by atoms with Crippen molar-refractivity contribution in [1.82, 2.24) is 9.62 Å². The van der Waals surface area contributed by atoms with Gasteiger partial charge >= 0.3 is 0 Å². The standard InChI is InChI=1S/C10H16Br2N2O3S2/c1-10(15,6-14(2)3)5-13-19(16,17)7-4-8(11)18-9(7)12/h4,13,15H,5-6H2,1-3H3. The van der Waals surface area contributed by atoms with Crippen LogP contribution in [0, 0.1) is 0 Å². The zero-order valence-corrected chi connectivity index (χ0v) is 15.6. The fourth-order valence-electron chi connectivity index (χ4n) is 1.57. The van der Waals surface area contributed by atoms with E-state index < -0.39 is 15.6 Å². The first-order valence-electron chi connectivity index (χ1n) is 5.35. The molecule has 0 spiro atoms. The average molecular weight is 436 g/mol. The zero-order chi connectivity index (χ0) is 14.8. The minimum Gasteiger partial charge on any atom is -0.387 e. The van der Waals surface area contributed by atoms with Crippen molar-refractivity contribution in [3.63, 3.8) is 0 Å². The van der Waals surface area contributed by atoms with E-state index in [0.717, 1.165) is 3.79 Å². The summed E-state index contributed by atoms with van der Waals surface area (Å²) < 4.78 is 27.9. The maximum absolute atomic E-state index is 12.1. The first-order valence-corrected chi connectivity index (χ1v) is 9.24. The summed E-state index contributed by atoms with van der Waals surface area (Å²) in [6.45, 7) is 1.91. The predicted molar refractivity (Wildman–Crippen MR) is 84.1 cm³/mol. The van der Waals surface area contributed by atoms with Crippen LogP contribution in [0.3, 0.4) is 0 Å². The topological polar surface area (TPSA) is 69.6 Å². The molecular weight excluding hydrogens is 420 g/mol.